The van der Waals surface area contributed by atoms with E-state index in [2.05, 4.69) is 31.1 Å². The van der Waals surface area contributed by atoms with Gasteiger partial charge in [-0.25, -0.2) is 4.98 Å². The van der Waals surface area contributed by atoms with E-state index in [1.54, 1.807) is 11.3 Å². The number of amides is 1. The number of nitrogens with zero attached hydrogens (tertiary/aromatic N) is 1. The van der Waals surface area contributed by atoms with E-state index in [0.29, 0.717) is 0 Å². The Kier molecular flexibility index (Phi) is 4.37. The second kappa shape index (κ2) is 5.75. The van der Waals surface area contributed by atoms with E-state index in [9.17, 15) is 9.59 Å². The van der Waals surface area contributed by atoms with E-state index in [4.69, 9.17) is 5.11 Å². The van der Waals surface area contributed by atoms with Gasteiger partial charge >= 0.3 is 5.97 Å². The second-order valence-corrected chi connectivity index (χ2v) is 7.68. The molecule has 0 unspecified atom stereocenters. The zero-order valence-corrected chi connectivity index (χ0v) is 13.5. The van der Waals surface area contributed by atoms with Gasteiger partial charge in [0.15, 0.2) is 0 Å². The van der Waals surface area contributed by atoms with Crippen molar-refractivity contribution < 1.29 is 14.7 Å². The lowest BCUT2D eigenvalue weighted by molar-refractivity contribution is -0.140. The molecule has 2 N–H and O–H groups in total. The van der Waals surface area contributed by atoms with Crippen molar-refractivity contribution in [1.29, 1.82) is 0 Å². The van der Waals surface area contributed by atoms with Crippen molar-refractivity contribution in [3.05, 3.63) is 16.1 Å². The number of nitrogens with one attached hydrogen (secondary N) is 1. The predicted octanol–water partition coefficient (Wildman–Crippen LogP) is 2.50. The van der Waals surface area contributed by atoms with Gasteiger partial charge < -0.3 is 10.4 Å². The van der Waals surface area contributed by atoms with Crippen LogP contribution in [-0.2, 0) is 21.4 Å². The molecule has 0 radical (unpaired) electrons. The first-order chi connectivity index (χ1) is 9.70. The zero-order valence-electron chi connectivity index (χ0n) is 12.7. The van der Waals surface area contributed by atoms with E-state index in [1.165, 1.54) is 0 Å². The van der Waals surface area contributed by atoms with Crippen molar-refractivity contribution in [3.8, 4) is 0 Å². The monoisotopic (exact) mass is 310 g/mol. The summed E-state index contributed by atoms with van der Waals surface area (Å²) in [6.45, 7) is 6.27. The van der Waals surface area contributed by atoms with Gasteiger partial charge in [-0.05, 0) is 19.3 Å². The SMILES string of the molecule is CC(C)(C)c1nc(CC(=O)NC2(CC(=O)O)CCC2)cs1. The van der Waals surface area contributed by atoms with Crippen LogP contribution in [0.15, 0.2) is 5.38 Å². The van der Waals surface area contributed by atoms with Crippen LogP contribution in [0.4, 0.5) is 0 Å². The Hall–Kier alpha value is -1.43. The molecule has 1 aliphatic carbocycles. The van der Waals surface area contributed by atoms with Crippen LogP contribution in [-0.4, -0.2) is 27.5 Å². The second-order valence-electron chi connectivity index (χ2n) is 6.82. The summed E-state index contributed by atoms with van der Waals surface area (Å²) in [7, 11) is 0. The first kappa shape index (κ1) is 15.9. The predicted molar refractivity (Wildman–Crippen MR) is 81.5 cm³/mol. The number of thiazole rings is 1. The summed E-state index contributed by atoms with van der Waals surface area (Å²) >= 11 is 1.56. The molecule has 1 heterocycles. The molecule has 2 rings (SSSR count). The molecule has 6 heteroatoms. The van der Waals surface area contributed by atoms with Crippen molar-refractivity contribution in [2.75, 3.05) is 0 Å². The van der Waals surface area contributed by atoms with E-state index in [0.717, 1.165) is 30.0 Å². The maximum absolute atomic E-state index is 12.1. The van der Waals surface area contributed by atoms with Gasteiger partial charge in [-0.2, -0.15) is 0 Å². The number of carboxylic acids is 1. The molecule has 116 valence electrons. The smallest absolute Gasteiger partial charge is 0.305 e. The molecule has 1 fully saturated rings. The molecule has 1 aliphatic rings. The molecule has 0 aromatic carbocycles. The standard InChI is InChI=1S/C15H22N2O3S/c1-14(2,3)13-16-10(9-21-13)7-11(18)17-15(5-4-6-15)8-12(19)20/h9H,4-8H2,1-3H3,(H,17,18)(H,19,20). The van der Waals surface area contributed by atoms with Crippen LogP contribution in [0.25, 0.3) is 0 Å². The van der Waals surface area contributed by atoms with Crippen LogP contribution < -0.4 is 5.32 Å². The van der Waals surface area contributed by atoms with E-state index in [1.807, 2.05) is 5.38 Å². The summed E-state index contributed by atoms with van der Waals surface area (Å²) in [4.78, 5) is 27.5. The minimum atomic E-state index is -0.862. The van der Waals surface area contributed by atoms with E-state index in [-0.39, 0.29) is 24.2 Å². The number of carboxylic acid groups (broad SMARTS) is 1. The third-order valence-electron chi connectivity index (χ3n) is 3.74. The van der Waals surface area contributed by atoms with Crippen LogP contribution in [0.2, 0.25) is 0 Å². The lowest BCUT2D eigenvalue weighted by Gasteiger charge is -2.41. The Labute approximate surface area is 128 Å². The van der Waals surface area contributed by atoms with E-state index < -0.39 is 11.5 Å². The normalized spacial score (nSPS) is 17.1. The molecule has 1 aromatic heterocycles. The molecule has 5 nitrogen and oxygen atoms in total. The Balaban J connectivity index is 1.95. The van der Waals surface area contributed by atoms with Gasteiger partial charge in [0.25, 0.3) is 0 Å². The van der Waals surface area contributed by atoms with Gasteiger partial charge in [0.2, 0.25) is 5.91 Å². The van der Waals surface area contributed by atoms with Gasteiger partial charge in [-0.1, -0.05) is 20.8 Å². The first-order valence-corrected chi connectivity index (χ1v) is 8.06. The molecule has 1 saturated carbocycles. The van der Waals surface area contributed by atoms with Gasteiger partial charge in [0.1, 0.15) is 0 Å². The molecule has 21 heavy (non-hydrogen) atoms. The number of rotatable bonds is 5. The van der Waals surface area contributed by atoms with Crippen molar-refractivity contribution in [1.82, 2.24) is 10.3 Å². The van der Waals surface area contributed by atoms with Crippen molar-refractivity contribution in [3.63, 3.8) is 0 Å². The highest BCUT2D eigenvalue weighted by Gasteiger charge is 2.40. The number of aromatic nitrogens is 1. The molecule has 0 bridgehead atoms. The lowest BCUT2D eigenvalue weighted by atomic mass is 9.74. The lowest BCUT2D eigenvalue weighted by Crippen LogP contribution is -2.55. The summed E-state index contributed by atoms with van der Waals surface area (Å²) < 4.78 is 0. The fourth-order valence-corrected chi connectivity index (χ4v) is 3.38. The average Bonchev–Trinajstić information content (AvgIpc) is 2.73. The Morgan fingerprint density at radius 2 is 2.10 bits per heavy atom. The summed E-state index contributed by atoms with van der Waals surface area (Å²) in [5, 5.41) is 14.8. The Morgan fingerprint density at radius 3 is 2.52 bits per heavy atom. The number of hydrogen-bond acceptors (Lipinski definition) is 4. The third-order valence-corrected chi connectivity index (χ3v) is 5.06. The van der Waals surface area contributed by atoms with Gasteiger partial charge in [0, 0.05) is 10.8 Å². The maximum atomic E-state index is 12.1. The Morgan fingerprint density at radius 1 is 1.43 bits per heavy atom. The highest BCUT2D eigenvalue weighted by atomic mass is 32.1. The molecule has 0 aliphatic heterocycles. The molecule has 0 spiro atoms. The molecule has 0 atom stereocenters. The van der Waals surface area contributed by atoms with E-state index >= 15 is 0 Å². The van der Waals surface area contributed by atoms with Crippen molar-refractivity contribution in [2.24, 2.45) is 0 Å². The third kappa shape index (κ3) is 4.03. The molecular weight excluding hydrogens is 288 g/mol. The quantitative estimate of drug-likeness (QED) is 0.875. The molecule has 1 amide bonds. The maximum Gasteiger partial charge on any atom is 0.305 e. The zero-order chi connectivity index (χ0) is 15.7. The summed E-state index contributed by atoms with van der Waals surface area (Å²) in [5.41, 5.74) is 0.205. The Bertz CT molecular complexity index is 541. The van der Waals surface area contributed by atoms with Crippen LogP contribution in [0.3, 0.4) is 0 Å². The van der Waals surface area contributed by atoms with Crippen molar-refractivity contribution >= 4 is 23.2 Å². The molecule has 0 saturated heterocycles. The summed E-state index contributed by atoms with van der Waals surface area (Å²) in [6.07, 6.45) is 2.68. The number of hydrogen-bond donors (Lipinski definition) is 2. The summed E-state index contributed by atoms with van der Waals surface area (Å²) in [5.74, 6) is -1.000. The number of aliphatic carboxylic acids is 1. The van der Waals surface area contributed by atoms with Gasteiger partial charge in [-0.15, -0.1) is 11.3 Å². The number of carbonyl (C=O) groups is 2. The molecule has 1 aromatic rings. The number of carbonyl (C=O) groups excluding carboxylic acids is 1. The fourth-order valence-electron chi connectivity index (χ4n) is 2.48. The largest absolute Gasteiger partial charge is 0.481 e. The van der Waals surface area contributed by atoms with Gasteiger partial charge in [0.05, 0.1) is 29.1 Å². The molecular formula is C15H22N2O3S. The van der Waals surface area contributed by atoms with Crippen LogP contribution in [0, 0.1) is 0 Å². The van der Waals surface area contributed by atoms with Crippen LogP contribution in [0.1, 0.15) is 57.2 Å². The highest BCUT2D eigenvalue weighted by molar-refractivity contribution is 7.09. The van der Waals surface area contributed by atoms with Crippen LogP contribution >= 0.6 is 11.3 Å². The first-order valence-electron chi connectivity index (χ1n) is 7.18. The summed E-state index contributed by atoms with van der Waals surface area (Å²) in [6, 6.07) is 0. The highest BCUT2D eigenvalue weighted by Crippen LogP contribution is 2.35. The average molecular weight is 310 g/mol. The minimum absolute atomic E-state index is 0.00302. The topological polar surface area (TPSA) is 79.3 Å². The fraction of sp³-hybridized carbons (Fsp3) is 0.667. The van der Waals surface area contributed by atoms with Crippen LogP contribution in [0.5, 0.6) is 0 Å². The minimum Gasteiger partial charge on any atom is -0.481 e. The van der Waals surface area contributed by atoms with Crippen molar-refractivity contribution in [2.45, 2.75) is 63.8 Å². The van der Waals surface area contributed by atoms with Gasteiger partial charge in [-0.3, -0.25) is 9.59 Å².